The minimum absolute atomic E-state index is 0. The van der Waals surface area contributed by atoms with E-state index in [2.05, 4.69) is 48.2 Å². The van der Waals surface area contributed by atoms with E-state index in [0.717, 1.165) is 41.8 Å². The van der Waals surface area contributed by atoms with Crippen LogP contribution in [0.25, 0.3) is 5.65 Å². The van der Waals surface area contributed by atoms with Crippen LogP contribution in [-0.4, -0.2) is 52.6 Å². The number of pyridine rings is 1. The minimum atomic E-state index is 0. The number of hydrogen-bond donors (Lipinski definition) is 3. The first kappa shape index (κ1) is 22.8. The number of carbonyl (C=O) groups is 1. The van der Waals surface area contributed by atoms with Crippen LogP contribution in [0.4, 0.5) is 5.69 Å². The molecule has 4 rings (SSSR count). The Morgan fingerprint density at radius 3 is 2.77 bits per heavy atom. The summed E-state index contributed by atoms with van der Waals surface area (Å²) in [6, 6.07) is 14.0. The summed E-state index contributed by atoms with van der Waals surface area (Å²) in [5.41, 5.74) is 2.98. The molecule has 1 fully saturated rings. The van der Waals surface area contributed by atoms with E-state index in [0.29, 0.717) is 26.2 Å². The van der Waals surface area contributed by atoms with Gasteiger partial charge in [0.1, 0.15) is 0 Å². The van der Waals surface area contributed by atoms with Crippen molar-refractivity contribution in [1.82, 2.24) is 30.5 Å². The molecule has 0 bridgehead atoms. The Hall–Kier alpha value is -2.89. The van der Waals surface area contributed by atoms with Gasteiger partial charge in [0.15, 0.2) is 17.4 Å². The number of piperazine rings is 1. The summed E-state index contributed by atoms with van der Waals surface area (Å²) in [6.07, 6.45) is 1.95. The number of rotatable bonds is 6. The number of benzene rings is 1. The number of nitrogens with zero attached hydrogens (tertiary/aromatic N) is 5. The van der Waals surface area contributed by atoms with Gasteiger partial charge in [-0.2, -0.15) is 0 Å². The molecule has 0 aliphatic carbocycles. The minimum Gasteiger partial charge on any atom is -0.360 e. The maximum absolute atomic E-state index is 11.6. The first-order chi connectivity index (χ1) is 14.7. The van der Waals surface area contributed by atoms with Crippen LogP contribution >= 0.6 is 24.0 Å². The zero-order chi connectivity index (χ0) is 20.8. The third-order valence-electron chi connectivity index (χ3n) is 4.90. The van der Waals surface area contributed by atoms with Crippen molar-refractivity contribution >= 4 is 47.2 Å². The smallest absolute Gasteiger partial charge is 0.239 e. The highest BCUT2D eigenvalue weighted by molar-refractivity contribution is 14.0. The first-order valence-corrected chi connectivity index (χ1v) is 10.1. The van der Waals surface area contributed by atoms with Gasteiger partial charge >= 0.3 is 0 Å². The van der Waals surface area contributed by atoms with Crippen molar-refractivity contribution in [2.24, 2.45) is 4.99 Å². The van der Waals surface area contributed by atoms with Crippen molar-refractivity contribution < 1.29 is 4.79 Å². The number of hydrogen-bond acceptors (Lipinski definition) is 5. The molecule has 1 aromatic carbocycles. The van der Waals surface area contributed by atoms with E-state index in [9.17, 15) is 4.79 Å². The van der Waals surface area contributed by atoms with Crippen LogP contribution in [0.3, 0.4) is 0 Å². The fourth-order valence-electron chi connectivity index (χ4n) is 3.36. The molecule has 9 nitrogen and oxygen atoms in total. The lowest BCUT2D eigenvalue weighted by Gasteiger charge is -2.28. The molecule has 10 heteroatoms. The van der Waals surface area contributed by atoms with Gasteiger partial charge in [-0.05, 0) is 36.8 Å². The van der Waals surface area contributed by atoms with E-state index in [4.69, 9.17) is 0 Å². The monoisotopic (exact) mass is 534 g/mol. The molecule has 1 saturated heterocycles. The highest BCUT2D eigenvalue weighted by Crippen LogP contribution is 2.16. The van der Waals surface area contributed by atoms with Crippen molar-refractivity contribution in [1.29, 1.82) is 0 Å². The molecule has 1 aliphatic heterocycles. The summed E-state index contributed by atoms with van der Waals surface area (Å²) in [4.78, 5) is 18.3. The van der Waals surface area contributed by atoms with Crippen molar-refractivity contribution in [2.75, 3.05) is 31.1 Å². The fraction of sp³-hybridized carbons (Fsp3) is 0.333. The van der Waals surface area contributed by atoms with Gasteiger partial charge in [0.05, 0.1) is 19.6 Å². The number of anilines is 1. The number of amides is 1. The van der Waals surface area contributed by atoms with Crippen LogP contribution < -0.4 is 20.9 Å². The number of fused-ring (bicyclic) bond motifs is 1. The second-order valence-electron chi connectivity index (χ2n) is 7.03. The SMILES string of the molecule is CCNC(=NCc1ccc(N2CCNC(=O)C2)cc1)NCc1nnc2ccccn12.I. The van der Waals surface area contributed by atoms with Crippen LogP contribution in [0.15, 0.2) is 53.7 Å². The van der Waals surface area contributed by atoms with Crippen LogP contribution in [0.2, 0.25) is 0 Å². The molecule has 2 aromatic heterocycles. The van der Waals surface area contributed by atoms with Crippen molar-refractivity contribution in [3.05, 3.63) is 60.0 Å². The summed E-state index contributed by atoms with van der Waals surface area (Å²) in [5.74, 6) is 1.62. The molecule has 3 heterocycles. The summed E-state index contributed by atoms with van der Waals surface area (Å²) in [7, 11) is 0. The van der Waals surface area contributed by atoms with E-state index in [1.54, 1.807) is 0 Å². The zero-order valence-corrected chi connectivity index (χ0v) is 19.7. The lowest BCUT2D eigenvalue weighted by atomic mass is 10.2. The Bertz CT molecular complexity index is 1030. The summed E-state index contributed by atoms with van der Waals surface area (Å²) < 4.78 is 1.95. The number of aliphatic imine (C=N–C) groups is 1. The molecule has 0 saturated carbocycles. The number of halogens is 1. The zero-order valence-electron chi connectivity index (χ0n) is 17.4. The molecule has 1 aliphatic rings. The second-order valence-corrected chi connectivity index (χ2v) is 7.03. The third-order valence-corrected chi connectivity index (χ3v) is 4.90. The van der Waals surface area contributed by atoms with Gasteiger partial charge in [-0.1, -0.05) is 18.2 Å². The van der Waals surface area contributed by atoms with Crippen LogP contribution in [0.1, 0.15) is 18.3 Å². The highest BCUT2D eigenvalue weighted by Gasteiger charge is 2.16. The number of guanidine groups is 1. The Morgan fingerprint density at radius 1 is 1.16 bits per heavy atom. The molecule has 164 valence electrons. The molecular formula is C21H27IN8O. The summed E-state index contributed by atoms with van der Waals surface area (Å²) in [6.45, 7) is 5.79. The molecule has 3 aromatic rings. The van der Waals surface area contributed by atoms with Gasteiger partial charge < -0.3 is 20.9 Å². The highest BCUT2D eigenvalue weighted by atomic mass is 127. The molecule has 1 amide bonds. The van der Waals surface area contributed by atoms with Gasteiger partial charge in [-0.15, -0.1) is 34.2 Å². The van der Waals surface area contributed by atoms with Crippen molar-refractivity contribution in [2.45, 2.75) is 20.0 Å². The largest absolute Gasteiger partial charge is 0.360 e. The number of aromatic nitrogens is 3. The normalized spacial score (nSPS) is 14.2. The quantitative estimate of drug-likeness (QED) is 0.252. The standard InChI is InChI=1S/C21H26N8O.HI/c1-2-22-21(25-14-19-27-26-18-5-3-4-11-29(18)19)24-13-16-6-8-17(9-7-16)28-12-10-23-20(30)15-28;/h3-9,11H,2,10,12-15H2,1H3,(H,23,30)(H2,22,24,25);1H. The molecule has 0 atom stereocenters. The summed E-state index contributed by atoms with van der Waals surface area (Å²) in [5, 5.41) is 17.8. The lowest BCUT2D eigenvalue weighted by molar-refractivity contribution is -0.120. The fourth-order valence-corrected chi connectivity index (χ4v) is 3.36. The Labute approximate surface area is 198 Å². The van der Waals surface area contributed by atoms with Crippen molar-refractivity contribution in [3.63, 3.8) is 0 Å². The van der Waals surface area contributed by atoms with Gasteiger partial charge in [0.2, 0.25) is 5.91 Å². The molecule has 0 unspecified atom stereocenters. The summed E-state index contributed by atoms with van der Waals surface area (Å²) >= 11 is 0. The van der Waals surface area contributed by atoms with Gasteiger partial charge in [-0.3, -0.25) is 9.20 Å². The van der Waals surface area contributed by atoms with E-state index < -0.39 is 0 Å². The predicted molar refractivity (Wildman–Crippen MR) is 132 cm³/mol. The number of nitrogens with one attached hydrogen (secondary N) is 3. The van der Waals surface area contributed by atoms with Crippen molar-refractivity contribution in [3.8, 4) is 0 Å². The molecule has 3 N–H and O–H groups in total. The average molecular weight is 534 g/mol. The third kappa shape index (κ3) is 5.84. The van der Waals surface area contributed by atoms with E-state index in [-0.39, 0.29) is 29.9 Å². The molecular weight excluding hydrogens is 507 g/mol. The molecule has 0 radical (unpaired) electrons. The van der Waals surface area contributed by atoms with Crippen LogP contribution in [0.5, 0.6) is 0 Å². The van der Waals surface area contributed by atoms with E-state index >= 15 is 0 Å². The van der Waals surface area contributed by atoms with Crippen LogP contribution in [-0.2, 0) is 17.9 Å². The maximum Gasteiger partial charge on any atom is 0.239 e. The van der Waals surface area contributed by atoms with Crippen LogP contribution in [0, 0.1) is 0 Å². The van der Waals surface area contributed by atoms with Gasteiger partial charge in [0, 0.05) is 31.5 Å². The molecule has 31 heavy (non-hydrogen) atoms. The van der Waals surface area contributed by atoms with Gasteiger partial charge in [0.25, 0.3) is 0 Å². The Balaban J connectivity index is 0.00000272. The predicted octanol–water partition coefficient (Wildman–Crippen LogP) is 1.54. The first-order valence-electron chi connectivity index (χ1n) is 10.1. The lowest BCUT2D eigenvalue weighted by Crippen LogP contribution is -2.47. The van der Waals surface area contributed by atoms with E-state index in [1.807, 2.05) is 47.9 Å². The average Bonchev–Trinajstić information content (AvgIpc) is 3.19. The molecule has 0 spiro atoms. The Kier molecular flexibility index (Phi) is 8.04. The topological polar surface area (TPSA) is 99.0 Å². The number of carbonyl (C=O) groups excluding carboxylic acids is 1. The van der Waals surface area contributed by atoms with E-state index in [1.165, 1.54) is 0 Å². The van der Waals surface area contributed by atoms with Gasteiger partial charge in [-0.25, -0.2) is 4.99 Å². The second kappa shape index (κ2) is 10.9. The maximum atomic E-state index is 11.6. The Morgan fingerprint density at radius 2 is 2.00 bits per heavy atom.